The lowest BCUT2D eigenvalue weighted by Gasteiger charge is -2.48. The van der Waals surface area contributed by atoms with E-state index in [2.05, 4.69) is 31.6 Å². The van der Waals surface area contributed by atoms with E-state index >= 15 is 0 Å². The second-order valence-corrected chi connectivity index (χ2v) is 5.97. The van der Waals surface area contributed by atoms with E-state index in [0.29, 0.717) is 0 Å². The number of aryl methyl sites for hydroxylation is 1. The summed E-state index contributed by atoms with van der Waals surface area (Å²) in [6.45, 7) is 13.7. The Bertz CT molecular complexity index is 418. The molecule has 0 radical (unpaired) electrons. The predicted molar refractivity (Wildman–Crippen MR) is 79.5 cm³/mol. The Morgan fingerprint density at radius 2 is 1.80 bits per heavy atom. The SMILES string of the molecule is CCN1CCN(C2CN(Cc3cnc(C)cn3)C2)CC1. The molecule has 5 heteroatoms. The van der Waals surface area contributed by atoms with Gasteiger partial charge in [-0.1, -0.05) is 6.92 Å². The topological polar surface area (TPSA) is 35.5 Å². The molecule has 0 aliphatic carbocycles. The van der Waals surface area contributed by atoms with Crippen molar-refractivity contribution in [2.75, 3.05) is 45.8 Å². The molecular formula is C15H25N5. The second-order valence-electron chi connectivity index (χ2n) is 5.97. The highest BCUT2D eigenvalue weighted by molar-refractivity contribution is 5.02. The van der Waals surface area contributed by atoms with Gasteiger partial charge in [0.1, 0.15) is 0 Å². The van der Waals surface area contributed by atoms with E-state index in [-0.39, 0.29) is 0 Å². The molecule has 0 amide bonds. The van der Waals surface area contributed by atoms with Gasteiger partial charge in [-0.3, -0.25) is 19.8 Å². The maximum absolute atomic E-state index is 4.43. The second kappa shape index (κ2) is 6.16. The van der Waals surface area contributed by atoms with Gasteiger partial charge in [0.25, 0.3) is 0 Å². The molecule has 0 aromatic carbocycles. The molecule has 0 saturated carbocycles. The van der Waals surface area contributed by atoms with Gasteiger partial charge in [-0.05, 0) is 13.5 Å². The summed E-state index contributed by atoms with van der Waals surface area (Å²) in [5.74, 6) is 0. The minimum atomic E-state index is 0.757. The highest BCUT2D eigenvalue weighted by Gasteiger charge is 2.33. The van der Waals surface area contributed by atoms with Crippen molar-refractivity contribution in [3.05, 3.63) is 23.8 Å². The summed E-state index contributed by atoms with van der Waals surface area (Å²) in [4.78, 5) is 16.4. The molecule has 2 fully saturated rings. The molecule has 5 nitrogen and oxygen atoms in total. The van der Waals surface area contributed by atoms with Gasteiger partial charge in [0.15, 0.2) is 0 Å². The fraction of sp³-hybridized carbons (Fsp3) is 0.733. The van der Waals surface area contributed by atoms with Crippen LogP contribution in [0, 0.1) is 6.92 Å². The van der Waals surface area contributed by atoms with Crippen molar-refractivity contribution in [3.8, 4) is 0 Å². The third-order valence-electron chi connectivity index (χ3n) is 4.53. The number of piperazine rings is 1. The Labute approximate surface area is 121 Å². The summed E-state index contributed by atoms with van der Waals surface area (Å²) in [6, 6.07) is 0.757. The first-order valence-electron chi connectivity index (χ1n) is 7.71. The fourth-order valence-electron chi connectivity index (χ4n) is 3.08. The number of likely N-dealkylation sites (N-methyl/N-ethyl adjacent to an activating group) is 1. The van der Waals surface area contributed by atoms with Gasteiger partial charge in [-0.15, -0.1) is 0 Å². The fourth-order valence-corrected chi connectivity index (χ4v) is 3.08. The summed E-state index contributed by atoms with van der Waals surface area (Å²) < 4.78 is 0. The Kier molecular flexibility index (Phi) is 4.29. The summed E-state index contributed by atoms with van der Waals surface area (Å²) in [7, 11) is 0. The molecule has 1 aromatic heterocycles. The lowest BCUT2D eigenvalue weighted by molar-refractivity contribution is 0.00153. The zero-order valence-corrected chi connectivity index (χ0v) is 12.6. The molecule has 0 unspecified atom stereocenters. The van der Waals surface area contributed by atoms with Gasteiger partial charge in [-0.2, -0.15) is 0 Å². The van der Waals surface area contributed by atoms with Crippen LogP contribution in [0.3, 0.4) is 0 Å². The van der Waals surface area contributed by atoms with Gasteiger partial charge >= 0.3 is 0 Å². The molecule has 3 heterocycles. The lowest BCUT2D eigenvalue weighted by atomic mass is 10.1. The largest absolute Gasteiger partial charge is 0.301 e. The van der Waals surface area contributed by atoms with E-state index in [0.717, 1.165) is 24.0 Å². The Balaban J connectivity index is 1.41. The van der Waals surface area contributed by atoms with Gasteiger partial charge in [0.2, 0.25) is 0 Å². The number of hydrogen-bond acceptors (Lipinski definition) is 5. The maximum Gasteiger partial charge on any atom is 0.0727 e. The van der Waals surface area contributed by atoms with Gasteiger partial charge < -0.3 is 4.90 Å². The average Bonchev–Trinajstić information content (AvgIpc) is 2.45. The van der Waals surface area contributed by atoms with E-state index in [1.165, 1.54) is 45.8 Å². The van der Waals surface area contributed by atoms with E-state index in [9.17, 15) is 0 Å². The number of aromatic nitrogens is 2. The minimum absolute atomic E-state index is 0.757. The Hall–Kier alpha value is -1.04. The molecule has 0 atom stereocenters. The molecular weight excluding hydrogens is 250 g/mol. The van der Waals surface area contributed by atoms with Crippen molar-refractivity contribution in [1.29, 1.82) is 0 Å². The van der Waals surface area contributed by atoms with Crippen molar-refractivity contribution >= 4 is 0 Å². The molecule has 0 spiro atoms. The van der Waals surface area contributed by atoms with Gasteiger partial charge in [0, 0.05) is 64.2 Å². The molecule has 0 bridgehead atoms. The summed E-state index contributed by atoms with van der Waals surface area (Å²) in [6.07, 6.45) is 3.76. The molecule has 3 rings (SSSR count). The van der Waals surface area contributed by atoms with Crippen LogP contribution in [0.1, 0.15) is 18.3 Å². The summed E-state index contributed by atoms with van der Waals surface area (Å²) in [5, 5.41) is 0. The zero-order chi connectivity index (χ0) is 13.9. The van der Waals surface area contributed by atoms with Crippen LogP contribution in [-0.2, 0) is 6.54 Å². The van der Waals surface area contributed by atoms with E-state index in [1.54, 1.807) is 0 Å². The van der Waals surface area contributed by atoms with Crippen LogP contribution in [0.15, 0.2) is 12.4 Å². The minimum Gasteiger partial charge on any atom is -0.301 e. The van der Waals surface area contributed by atoms with Crippen molar-refractivity contribution in [1.82, 2.24) is 24.7 Å². The molecule has 2 saturated heterocycles. The lowest BCUT2D eigenvalue weighted by Crippen LogP contribution is -2.62. The standard InChI is InChI=1S/C15H25N5/c1-3-18-4-6-20(7-5-18)15-11-19(12-15)10-14-9-16-13(2)8-17-14/h8-9,15H,3-7,10-12H2,1-2H3. The van der Waals surface area contributed by atoms with Crippen molar-refractivity contribution in [2.45, 2.75) is 26.4 Å². The number of rotatable bonds is 4. The van der Waals surface area contributed by atoms with Crippen molar-refractivity contribution in [3.63, 3.8) is 0 Å². The Morgan fingerprint density at radius 3 is 2.40 bits per heavy atom. The third kappa shape index (κ3) is 3.16. The molecule has 2 aliphatic rings. The van der Waals surface area contributed by atoms with Crippen LogP contribution < -0.4 is 0 Å². The van der Waals surface area contributed by atoms with Gasteiger partial charge in [0.05, 0.1) is 11.4 Å². The van der Waals surface area contributed by atoms with E-state index in [4.69, 9.17) is 0 Å². The van der Waals surface area contributed by atoms with Crippen LogP contribution >= 0.6 is 0 Å². The van der Waals surface area contributed by atoms with Crippen LogP contribution in [0.25, 0.3) is 0 Å². The number of likely N-dealkylation sites (tertiary alicyclic amines) is 1. The smallest absolute Gasteiger partial charge is 0.0727 e. The number of hydrogen-bond donors (Lipinski definition) is 0. The molecule has 0 N–H and O–H groups in total. The highest BCUT2D eigenvalue weighted by Crippen LogP contribution is 2.18. The van der Waals surface area contributed by atoms with Crippen molar-refractivity contribution < 1.29 is 0 Å². The summed E-state index contributed by atoms with van der Waals surface area (Å²) >= 11 is 0. The van der Waals surface area contributed by atoms with Crippen LogP contribution in [-0.4, -0.2) is 76.5 Å². The van der Waals surface area contributed by atoms with Gasteiger partial charge in [-0.25, -0.2) is 0 Å². The van der Waals surface area contributed by atoms with Crippen LogP contribution in [0.4, 0.5) is 0 Å². The Morgan fingerprint density at radius 1 is 1.05 bits per heavy atom. The quantitative estimate of drug-likeness (QED) is 0.804. The van der Waals surface area contributed by atoms with Crippen molar-refractivity contribution in [2.24, 2.45) is 0 Å². The first-order valence-corrected chi connectivity index (χ1v) is 7.71. The molecule has 20 heavy (non-hydrogen) atoms. The maximum atomic E-state index is 4.43. The zero-order valence-electron chi connectivity index (χ0n) is 12.6. The van der Waals surface area contributed by atoms with Crippen LogP contribution in [0.5, 0.6) is 0 Å². The highest BCUT2D eigenvalue weighted by atomic mass is 15.3. The van der Waals surface area contributed by atoms with Crippen LogP contribution in [0.2, 0.25) is 0 Å². The third-order valence-corrected chi connectivity index (χ3v) is 4.53. The van der Waals surface area contributed by atoms with E-state index < -0.39 is 0 Å². The molecule has 1 aromatic rings. The van der Waals surface area contributed by atoms with E-state index in [1.807, 2.05) is 19.3 Å². The average molecular weight is 275 g/mol. The number of nitrogens with zero attached hydrogens (tertiary/aromatic N) is 5. The first kappa shape index (κ1) is 13.9. The first-order chi connectivity index (χ1) is 9.74. The predicted octanol–water partition coefficient (Wildman–Crippen LogP) is 0.607. The molecule has 110 valence electrons. The summed E-state index contributed by atoms with van der Waals surface area (Å²) in [5.41, 5.74) is 2.08. The normalized spacial score (nSPS) is 22.9. The monoisotopic (exact) mass is 275 g/mol. The molecule has 2 aliphatic heterocycles.